The number of nitrogens with zero attached hydrogens (tertiary/aromatic N) is 1. The summed E-state index contributed by atoms with van der Waals surface area (Å²) in [6, 6.07) is 6.21. The molecule has 0 saturated carbocycles. The van der Waals surface area contributed by atoms with Gasteiger partial charge in [0, 0.05) is 24.2 Å². The summed E-state index contributed by atoms with van der Waals surface area (Å²) >= 11 is 0. The van der Waals surface area contributed by atoms with Crippen molar-refractivity contribution in [3.8, 4) is 0 Å². The second-order valence-corrected chi connectivity index (χ2v) is 7.16. The van der Waals surface area contributed by atoms with Crippen LogP contribution in [0.3, 0.4) is 0 Å². The van der Waals surface area contributed by atoms with Crippen molar-refractivity contribution in [2.75, 3.05) is 7.11 Å². The Morgan fingerprint density at radius 3 is 2.63 bits per heavy atom. The Morgan fingerprint density at radius 2 is 1.89 bits per heavy atom. The first kappa shape index (κ1) is 19.3. The van der Waals surface area contributed by atoms with Crippen molar-refractivity contribution in [2.24, 2.45) is 4.99 Å². The highest BCUT2D eigenvalue weighted by molar-refractivity contribution is 6.11. The van der Waals surface area contributed by atoms with Crippen LogP contribution in [-0.4, -0.2) is 22.8 Å². The lowest BCUT2D eigenvalue weighted by Crippen LogP contribution is -1.93. The molecule has 4 nitrogen and oxygen atoms in total. The van der Waals surface area contributed by atoms with E-state index in [4.69, 9.17) is 9.73 Å². The van der Waals surface area contributed by atoms with E-state index in [2.05, 4.69) is 35.2 Å². The van der Waals surface area contributed by atoms with Crippen LogP contribution >= 0.6 is 0 Å². The van der Waals surface area contributed by atoms with Crippen LogP contribution in [0.15, 0.2) is 53.1 Å². The molecule has 0 fully saturated rings. The molecule has 3 rings (SSSR count). The highest BCUT2D eigenvalue weighted by atomic mass is 16.5. The number of aromatic nitrogens is 2. The molecule has 0 atom stereocenters. The lowest BCUT2D eigenvalue weighted by molar-refractivity contribution is 0.303. The van der Waals surface area contributed by atoms with Gasteiger partial charge in [-0.05, 0) is 42.7 Å². The molecule has 3 heterocycles. The smallest absolute Gasteiger partial charge is 0.146 e. The van der Waals surface area contributed by atoms with Gasteiger partial charge in [0.05, 0.1) is 18.5 Å². The quantitative estimate of drug-likeness (QED) is 0.471. The van der Waals surface area contributed by atoms with Crippen LogP contribution in [0.2, 0.25) is 0 Å². The Morgan fingerprint density at radius 1 is 1.07 bits per heavy atom. The predicted molar refractivity (Wildman–Crippen MR) is 113 cm³/mol. The molecule has 0 amide bonds. The highest BCUT2D eigenvalue weighted by Gasteiger charge is 2.17. The number of ether oxygens (including phenoxy) is 1. The van der Waals surface area contributed by atoms with Gasteiger partial charge in [-0.25, -0.2) is 4.99 Å². The summed E-state index contributed by atoms with van der Waals surface area (Å²) in [5.41, 5.74) is 5.19. The van der Waals surface area contributed by atoms with E-state index in [0.29, 0.717) is 0 Å². The number of hydrogen-bond acceptors (Lipinski definition) is 2. The molecule has 1 aliphatic heterocycles. The Bertz CT molecular complexity index is 793. The minimum absolute atomic E-state index is 0.794. The Kier molecular flexibility index (Phi) is 7.14. The first-order valence-corrected chi connectivity index (χ1v) is 10.2. The molecule has 2 aromatic heterocycles. The van der Waals surface area contributed by atoms with E-state index in [1.165, 1.54) is 50.5 Å². The molecule has 0 spiro atoms. The molecule has 4 heteroatoms. The van der Waals surface area contributed by atoms with Gasteiger partial charge in [0.1, 0.15) is 11.5 Å². The van der Waals surface area contributed by atoms with Crippen molar-refractivity contribution in [3.05, 3.63) is 65.1 Å². The number of hydrogen-bond donors (Lipinski definition) is 2. The standard InChI is InChI=1S/C23H31N3O/c1-3-4-5-6-7-8-9-11-18-14-19(25-17-18)15-22-23(27-2)16-21(26-22)20-12-10-13-24-20/h10,12-17,24-25H,3-9,11H2,1-2H3. The van der Waals surface area contributed by atoms with E-state index < -0.39 is 0 Å². The molecule has 0 aromatic carbocycles. The minimum Gasteiger partial charge on any atom is -0.494 e. The van der Waals surface area contributed by atoms with Crippen molar-refractivity contribution in [1.29, 1.82) is 0 Å². The SMILES string of the molecule is CCCCCCCCCc1c[nH]c(C=C2N=C(c3ccc[nH]3)C=C2OC)c1. The first-order chi connectivity index (χ1) is 13.3. The fourth-order valence-electron chi connectivity index (χ4n) is 3.43. The van der Waals surface area contributed by atoms with Crippen LogP contribution in [0, 0.1) is 0 Å². The normalized spacial score (nSPS) is 15.3. The fourth-order valence-corrected chi connectivity index (χ4v) is 3.43. The van der Waals surface area contributed by atoms with E-state index in [0.717, 1.165) is 35.0 Å². The lowest BCUT2D eigenvalue weighted by Gasteiger charge is -2.00. The topological polar surface area (TPSA) is 53.2 Å². The lowest BCUT2D eigenvalue weighted by atomic mass is 10.1. The van der Waals surface area contributed by atoms with Crippen molar-refractivity contribution >= 4 is 11.8 Å². The van der Waals surface area contributed by atoms with E-state index in [-0.39, 0.29) is 0 Å². The average molecular weight is 366 g/mol. The van der Waals surface area contributed by atoms with Gasteiger partial charge >= 0.3 is 0 Å². The van der Waals surface area contributed by atoms with Gasteiger partial charge in [-0.15, -0.1) is 0 Å². The van der Waals surface area contributed by atoms with Crippen molar-refractivity contribution in [2.45, 2.75) is 58.3 Å². The fraction of sp³-hybridized carbons (Fsp3) is 0.435. The molecular formula is C23H31N3O. The number of H-pyrrole nitrogens is 2. The van der Waals surface area contributed by atoms with Gasteiger partial charge in [0.25, 0.3) is 0 Å². The zero-order chi connectivity index (χ0) is 18.9. The average Bonchev–Trinajstić information content (AvgIpc) is 3.42. The Hall–Kier alpha value is -2.49. The van der Waals surface area contributed by atoms with E-state index in [9.17, 15) is 0 Å². The molecule has 0 unspecified atom stereocenters. The molecule has 0 radical (unpaired) electrons. The van der Waals surface area contributed by atoms with Crippen LogP contribution in [0.1, 0.15) is 68.8 Å². The van der Waals surface area contributed by atoms with Crippen LogP contribution in [-0.2, 0) is 11.2 Å². The third kappa shape index (κ3) is 5.49. The third-order valence-corrected chi connectivity index (χ3v) is 4.98. The van der Waals surface area contributed by atoms with Crippen LogP contribution in [0.5, 0.6) is 0 Å². The summed E-state index contributed by atoms with van der Waals surface area (Å²) in [5, 5.41) is 0. The molecule has 2 aromatic rings. The summed E-state index contributed by atoms with van der Waals surface area (Å²) in [6.45, 7) is 2.27. The van der Waals surface area contributed by atoms with Crippen molar-refractivity contribution in [3.63, 3.8) is 0 Å². The van der Waals surface area contributed by atoms with Gasteiger partial charge < -0.3 is 14.7 Å². The van der Waals surface area contributed by atoms with E-state index in [1.54, 1.807) is 7.11 Å². The molecule has 0 saturated heterocycles. The summed E-state index contributed by atoms with van der Waals surface area (Å²) < 4.78 is 5.50. The predicted octanol–water partition coefficient (Wildman–Crippen LogP) is 6.01. The van der Waals surface area contributed by atoms with Gasteiger partial charge in [0.15, 0.2) is 0 Å². The zero-order valence-corrected chi connectivity index (χ0v) is 16.6. The summed E-state index contributed by atoms with van der Waals surface area (Å²) in [5.74, 6) is 0.794. The number of rotatable bonds is 11. The number of allylic oxidation sites excluding steroid dienone is 1. The number of unbranched alkanes of at least 4 members (excludes halogenated alkanes) is 6. The second-order valence-electron chi connectivity index (χ2n) is 7.16. The van der Waals surface area contributed by atoms with Crippen LogP contribution in [0.4, 0.5) is 0 Å². The van der Waals surface area contributed by atoms with E-state index >= 15 is 0 Å². The van der Waals surface area contributed by atoms with Crippen LogP contribution < -0.4 is 0 Å². The summed E-state index contributed by atoms with van der Waals surface area (Å²) in [7, 11) is 1.69. The number of aliphatic imine (C=N–C) groups is 1. The van der Waals surface area contributed by atoms with Crippen LogP contribution in [0.25, 0.3) is 6.08 Å². The molecule has 0 bridgehead atoms. The monoisotopic (exact) mass is 365 g/mol. The molecule has 1 aliphatic rings. The molecular weight excluding hydrogens is 334 g/mol. The first-order valence-electron chi connectivity index (χ1n) is 10.2. The van der Waals surface area contributed by atoms with Gasteiger partial charge in [-0.1, -0.05) is 45.4 Å². The number of aromatic amines is 2. The van der Waals surface area contributed by atoms with Gasteiger partial charge in [-0.2, -0.15) is 0 Å². The summed E-state index contributed by atoms with van der Waals surface area (Å²) in [4.78, 5) is 11.3. The second kappa shape index (κ2) is 10.0. The van der Waals surface area contributed by atoms with Gasteiger partial charge in [-0.3, -0.25) is 0 Å². The zero-order valence-electron chi connectivity index (χ0n) is 16.6. The van der Waals surface area contributed by atoms with E-state index in [1.807, 2.05) is 24.4 Å². The number of nitrogens with one attached hydrogen (secondary N) is 2. The number of methoxy groups -OCH3 is 1. The maximum atomic E-state index is 5.50. The minimum atomic E-state index is 0.794. The van der Waals surface area contributed by atoms with Gasteiger partial charge in [0.2, 0.25) is 0 Å². The Labute approximate surface area is 162 Å². The molecule has 27 heavy (non-hydrogen) atoms. The number of aryl methyl sites for hydroxylation is 1. The summed E-state index contributed by atoms with van der Waals surface area (Å²) in [6.07, 6.45) is 18.6. The maximum Gasteiger partial charge on any atom is 0.146 e. The van der Waals surface area contributed by atoms with Crippen molar-refractivity contribution in [1.82, 2.24) is 9.97 Å². The third-order valence-electron chi connectivity index (χ3n) is 4.98. The maximum absolute atomic E-state index is 5.50. The Balaban J connectivity index is 1.54. The molecule has 0 aliphatic carbocycles. The highest BCUT2D eigenvalue weighted by Crippen LogP contribution is 2.24. The van der Waals surface area contributed by atoms with Crippen molar-refractivity contribution < 1.29 is 4.74 Å². The molecule has 144 valence electrons. The largest absolute Gasteiger partial charge is 0.494 e. The molecule has 2 N–H and O–H groups in total.